The standard InChI is InChI=1S/C16H12ClIN4OS/c17-11-2-1-3-14(8-11)22-10-19-21-16(22)24-9-15(23)20-13-6-4-12(18)5-7-13/h1-8,10H,9H2,(H,20,23). The van der Waals surface area contributed by atoms with Gasteiger partial charge in [0.15, 0.2) is 5.16 Å². The zero-order valence-electron chi connectivity index (χ0n) is 12.3. The lowest BCUT2D eigenvalue weighted by atomic mass is 10.3. The van der Waals surface area contributed by atoms with E-state index in [1.807, 2.05) is 42.5 Å². The Kier molecular flexibility index (Phi) is 5.75. The molecule has 0 saturated heterocycles. The van der Waals surface area contributed by atoms with Crippen molar-refractivity contribution in [1.82, 2.24) is 14.8 Å². The highest BCUT2D eigenvalue weighted by Gasteiger charge is 2.10. The fraction of sp³-hybridized carbons (Fsp3) is 0.0625. The number of rotatable bonds is 5. The highest BCUT2D eigenvalue weighted by atomic mass is 127. The Bertz CT molecular complexity index is 853. The van der Waals surface area contributed by atoms with Crippen LogP contribution in [-0.2, 0) is 4.79 Å². The second kappa shape index (κ2) is 8.00. The molecule has 0 bridgehead atoms. The van der Waals surface area contributed by atoms with Crippen molar-refractivity contribution in [3.05, 3.63) is 63.5 Å². The molecular weight excluding hydrogens is 459 g/mol. The van der Waals surface area contributed by atoms with E-state index in [-0.39, 0.29) is 11.7 Å². The molecular formula is C16H12ClIN4OS. The number of thioether (sulfide) groups is 1. The Balaban J connectivity index is 1.64. The summed E-state index contributed by atoms with van der Waals surface area (Å²) in [5, 5.41) is 12.1. The largest absolute Gasteiger partial charge is 0.325 e. The van der Waals surface area contributed by atoms with Gasteiger partial charge in [0.05, 0.1) is 11.4 Å². The molecule has 3 rings (SSSR count). The van der Waals surface area contributed by atoms with Gasteiger partial charge in [-0.3, -0.25) is 9.36 Å². The number of carbonyl (C=O) groups excluding carboxylic acids is 1. The summed E-state index contributed by atoms with van der Waals surface area (Å²) in [5.41, 5.74) is 1.63. The molecule has 0 aliphatic heterocycles. The molecule has 122 valence electrons. The molecule has 0 aliphatic carbocycles. The number of carbonyl (C=O) groups is 1. The van der Waals surface area contributed by atoms with Crippen LogP contribution in [-0.4, -0.2) is 26.4 Å². The fourth-order valence-electron chi connectivity index (χ4n) is 1.99. The number of nitrogens with one attached hydrogen (secondary N) is 1. The molecule has 0 saturated carbocycles. The summed E-state index contributed by atoms with van der Waals surface area (Å²) in [6.07, 6.45) is 1.60. The molecule has 3 aromatic rings. The van der Waals surface area contributed by atoms with Crippen LogP contribution in [0.25, 0.3) is 5.69 Å². The number of hydrogen-bond acceptors (Lipinski definition) is 4. The zero-order chi connectivity index (χ0) is 16.9. The molecule has 8 heteroatoms. The lowest BCUT2D eigenvalue weighted by molar-refractivity contribution is -0.113. The first-order valence-electron chi connectivity index (χ1n) is 6.96. The molecule has 0 unspecified atom stereocenters. The van der Waals surface area contributed by atoms with E-state index in [2.05, 4.69) is 38.1 Å². The number of benzene rings is 2. The lowest BCUT2D eigenvalue weighted by Gasteiger charge is -2.07. The van der Waals surface area contributed by atoms with Crippen molar-refractivity contribution in [3.63, 3.8) is 0 Å². The highest BCUT2D eigenvalue weighted by Crippen LogP contribution is 2.22. The maximum absolute atomic E-state index is 12.1. The second-order valence-corrected chi connectivity index (χ2v) is 7.43. The number of aromatic nitrogens is 3. The Morgan fingerprint density at radius 3 is 2.79 bits per heavy atom. The van der Waals surface area contributed by atoms with Crippen molar-refractivity contribution in [2.45, 2.75) is 5.16 Å². The van der Waals surface area contributed by atoms with Gasteiger partial charge in [-0.1, -0.05) is 29.4 Å². The van der Waals surface area contributed by atoms with Gasteiger partial charge in [-0.05, 0) is 65.1 Å². The van der Waals surface area contributed by atoms with E-state index in [4.69, 9.17) is 11.6 Å². The van der Waals surface area contributed by atoms with Crippen LogP contribution in [0.1, 0.15) is 0 Å². The third kappa shape index (κ3) is 4.49. The molecule has 0 aliphatic rings. The molecule has 0 atom stereocenters. The molecule has 1 amide bonds. The third-order valence-electron chi connectivity index (χ3n) is 3.06. The molecule has 24 heavy (non-hydrogen) atoms. The van der Waals surface area contributed by atoms with Gasteiger partial charge < -0.3 is 5.32 Å². The van der Waals surface area contributed by atoms with Crippen LogP contribution < -0.4 is 5.32 Å². The topological polar surface area (TPSA) is 59.8 Å². The predicted octanol–water partition coefficient (Wildman–Crippen LogP) is 4.26. The minimum absolute atomic E-state index is 0.0955. The van der Waals surface area contributed by atoms with Crippen LogP contribution >= 0.6 is 46.0 Å². The first kappa shape index (κ1) is 17.2. The summed E-state index contributed by atoms with van der Waals surface area (Å²) >= 11 is 9.56. The Morgan fingerprint density at radius 1 is 1.25 bits per heavy atom. The van der Waals surface area contributed by atoms with Crippen LogP contribution in [0.5, 0.6) is 0 Å². The van der Waals surface area contributed by atoms with Crippen molar-refractivity contribution >= 4 is 57.5 Å². The van der Waals surface area contributed by atoms with Crippen LogP contribution in [0, 0.1) is 3.57 Å². The number of amides is 1. The monoisotopic (exact) mass is 470 g/mol. The van der Waals surface area contributed by atoms with Crippen molar-refractivity contribution < 1.29 is 4.79 Å². The van der Waals surface area contributed by atoms with E-state index >= 15 is 0 Å². The van der Waals surface area contributed by atoms with Crippen molar-refractivity contribution in [2.75, 3.05) is 11.1 Å². The highest BCUT2D eigenvalue weighted by molar-refractivity contribution is 14.1. The van der Waals surface area contributed by atoms with E-state index in [0.29, 0.717) is 10.2 Å². The van der Waals surface area contributed by atoms with E-state index in [1.54, 1.807) is 17.0 Å². The van der Waals surface area contributed by atoms with Gasteiger partial charge in [-0.15, -0.1) is 10.2 Å². The predicted molar refractivity (Wildman–Crippen MR) is 105 cm³/mol. The van der Waals surface area contributed by atoms with Crippen molar-refractivity contribution in [2.24, 2.45) is 0 Å². The van der Waals surface area contributed by atoms with Crippen LogP contribution in [0.3, 0.4) is 0 Å². The number of halogens is 2. The third-order valence-corrected chi connectivity index (χ3v) is 4.96. The number of hydrogen-bond donors (Lipinski definition) is 1. The summed E-state index contributed by atoms with van der Waals surface area (Å²) in [6, 6.07) is 15.0. The molecule has 2 aromatic carbocycles. The van der Waals surface area contributed by atoms with Gasteiger partial charge in [-0.25, -0.2) is 0 Å². The summed E-state index contributed by atoms with van der Waals surface area (Å²) in [4.78, 5) is 12.1. The minimum atomic E-state index is -0.0955. The molecule has 1 N–H and O–H groups in total. The maximum Gasteiger partial charge on any atom is 0.234 e. The summed E-state index contributed by atoms with van der Waals surface area (Å²) in [6.45, 7) is 0. The average molecular weight is 471 g/mol. The maximum atomic E-state index is 12.1. The SMILES string of the molecule is O=C(CSc1nncn1-c1cccc(Cl)c1)Nc1ccc(I)cc1. The average Bonchev–Trinajstić information content (AvgIpc) is 3.04. The summed E-state index contributed by atoms with van der Waals surface area (Å²) in [7, 11) is 0. The van der Waals surface area contributed by atoms with E-state index < -0.39 is 0 Å². The normalized spacial score (nSPS) is 10.6. The van der Waals surface area contributed by atoms with Gasteiger partial charge in [0.25, 0.3) is 0 Å². The quantitative estimate of drug-likeness (QED) is 0.447. The summed E-state index contributed by atoms with van der Waals surface area (Å²) < 4.78 is 2.92. The Hall–Kier alpha value is -1.58. The van der Waals surface area contributed by atoms with Gasteiger partial charge in [0.1, 0.15) is 6.33 Å². The van der Waals surface area contributed by atoms with Crippen molar-refractivity contribution in [3.8, 4) is 5.69 Å². The second-order valence-electron chi connectivity index (χ2n) is 4.81. The van der Waals surface area contributed by atoms with Gasteiger partial charge in [0.2, 0.25) is 5.91 Å². The van der Waals surface area contributed by atoms with E-state index in [1.165, 1.54) is 11.8 Å². The smallest absolute Gasteiger partial charge is 0.234 e. The number of anilines is 1. The first-order valence-corrected chi connectivity index (χ1v) is 9.40. The molecule has 0 spiro atoms. The van der Waals surface area contributed by atoms with Gasteiger partial charge in [0, 0.05) is 14.3 Å². The Morgan fingerprint density at radius 2 is 2.04 bits per heavy atom. The minimum Gasteiger partial charge on any atom is -0.325 e. The van der Waals surface area contributed by atoms with Gasteiger partial charge in [-0.2, -0.15) is 0 Å². The fourth-order valence-corrected chi connectivity index (χ4v) is 3.26. The van der Waals surface area contributed by atoms with Crippen molar-refractivity contribution in [1.29, 1.82) is 0 Å². The molecule has 0 radical (unpaired) electrons. The summed E-state index contributed by atoms with van der Waals surface area (Å²) in [5.74, 6) is 0.146. The van der Waals surface area contributed by atoms with Crippen LogP contribution in [0.4, 0.5) is 5.69 Å². The Labute approximate surface area is 162 Å². The van der Waals surface area contributed by atoms with Crippen LogP contribution in [0.2, 0.25) is 5.02 Å². The molecule has 5 nitrogen and oxygen atoms in total. The molecule has 0 fully saturated rings. The lowest BCUT2D eigenvalue weighted by Crippen LogP contribution is -2.14. The first-order chi connectivity index (χ1) is 11.6. The number of nitrogens with zero attached hydrogens (tertiary/aromatic N) is 3. The zero-order valence-corrected chi connectivity index (χ0v) is 16.0. The van der Waals surface area contributed by atoms with Gasteiger partial charge >= 0.3 is 0 Å². The van der Waals surface area contributed by atoms with Crippen LogP contribution in [0.15, 0.2) is 60.0 Å². The van der Waals surface area contributed by atoms with E-state index in [0.717, 1.165) is 14.9 Å². The molecule has 1 heterocycles. The van der Waals surface area contributed by atoms with E-state index in [9.17, 15) is 4.79 Å². The molecule has 1 aromatic heterocycles.